The first-order valence-corrected chi connectivity index (χ1v) is 9.95. The lowest BCUT2D eigenvalue weighted by molar-refractivity contribution is 0.595. The first-order chi connectivity index (χ1) is 10.9. The second kappa shape index (κ2) is 20.3. The number of hydrogen-bond acceptors (Lipinski definition) is 2. The van der Waals surface area contributed by atoms with Crippen molar-refractivity contribution in [2.45, 2.75) is 117 Å². The van der Waals surface area contributed by atoms with Crippen molar-refractivity contribution < 1.29 is 0 Å². The van der Waals surface area contributed by atoms with E-state index in [1.165, 1.54) is 89.9 Å². The van der Waals surface area contributed by atoms with Gasteiger partial charge < -0.3 is 0 Å². The molecule has 0 aliphatic carbocycles. The lowest BCUT2D eigenvalue weighted by atomic mass is 10.1. The van der Waals surface area contributed by atoms with Crippen molar-refractivity contribution >= 4 is 12.4 Å². The zero-order valence-corrected chi connectivity index (χ0v) is 15.4. The molecule has 0 unspecified atom stereocenters. The molecule has 2 heteroatoms. The molecule has 0 aromatic rings. The van der Waals surface area contributed by atoms with Gasteiger partial charge in [0.2, 0.25) is 0 Å². The van der Waals surface area contributed by atoms with Crippen molar-refractivity contribution in [3.63, 3.8) is 0 Å². The number of nitrogens with zero attached hydrogens (tertiary/aromatic N) is 2. The standard InChI is InChI=1S/C20H40N2/c1-3-5-7-9-11-13-15-17-19-21-22-20-18-16-14-12-10-8-6-4-2/h19-20H,3-18H2,1-2H3. The van der Waals surface area contributed by atoms with Gasteiger partial charge in [-0.1, -0.05) is 90.9 Å². The van der Waals surface area contributed by atoms with E-state index >= 15 is 0 Å². The smallest absolute Gasteiger partial charge is 0.0270 e. The predicted octanol–water partition coefficient (Wildman–Crippen LogP) is 7.32. The fourth-order valence-corrected chi connectivity index (χ4v) is 2.60. The molecule has 0 saturated carbocycles. The summed E-state index contributed by atoms with van der Waals surface area (Å²) in [6.07, 6.45) is 25.2. The molecule has 0 aromatic carbocycles. The van der Waals surface area contributed by atoms with Crippen LogP contribution >= 0.6 is 0 Å². The van der Waals surface area contributed by atoms with Gasteiger partial charge >= 0.3 is 0 Å². The van der Waals surface area contributed by atoms with E-state index in [-0.39, 0.29) is 0 Å². The van der Waals surface area contributed by atoms with Crippen LogP contribution in [-0.2, 0) is 0 Å². The number of rotatable bonds is 17. The van der Waals surface area contributed by atoms with Gasteiger partial charge in [0, 0.05) is 12.4 Å². The molecule has 0 aliphatic rings. The van der Waals surface area contributed by atoms with Gasteiger partial charge in [-0.15, -0.1) is 0 Å². The molecule has 0 N–H and O–H groups in total. The highest BCUT2D eigenvalue weighted by Crippen LogP contribution is 2.08. The van der Waals surface area contributed by atoms with Crippen LogP contribution in [0.25, 0.3) is 0 Å². The molecule has 2 nitrogen and oxygen atoms in total. The van der Waals surface area contributed by atoms with Gasteiger partial charge in [-0.3, -0.25) is 0 Å². The minimum Gasteiger partial charge on any atom is -0.164 e. The molecule has 130 valence electrons. The molecule has 0 spiro atoms. The van der Waals surface area contributed by atoms with Crippen LogP contribution in [0.15, 0.2) is 10.2 Å². The summed E-state index contributed by atoms with van der Waals surface area (Å²) in [4.78, 5) is 0. The quantitative estimate of drug-likeness (QED) is 0.153. The first kappa shape index (κ1) is 21.3. The van der Waals surface area contributed by atoms with Crippen LogP contribution in [0.4, 0.5) is 0 Å². The van der Waals surface area contributed by atoms with Crippen LogP contribution in [-0.4, -0.2) is 12.4 Å². The maximum Gasteiger partial charge on any atom is 0.0270 e. The molecular formula is C20H40N2. The molecule has 0 heterocycles. The maximum absolute atomic E-state index is 4.12. The van der Waals surface area contributed by atoms with Gasteiger partial charge in [0.1, 0.15) is 0 Å². The molecule has 0 bridgehead atoms. The van der Waals surface area contributed by atoms with Crippen LogP contribution in [0.5, 0.6) is 0 Å². The largest absolute Gasteiger partial charge is 0.164 e. The Morgan fingerprint density at radius 2 is 0.773 bits per heavy atom. The van der Waals surface area contributed by atoms with E-state index in [1.54, 1.807) is 0 Å². The second-order valence-electron chi connectivity index (χ2n) is 6.42. The summed E-state index contributed by atoms with van der Waals surface area (Å²) in [6.45, 7) is 4.54. The summed E-state index contributed by atoms with van der Waals surface area (Å²) in [7, 11) is 0. The molecule has 0 aromatic heterocycles. The minimum absolute atomic E-state index is 1.09. The highest BCUT2D eigenvalue weighted by Gasteiger charge is 1.90. The second-order valence-corrected chi connectivity index (χ2v) is 6.42. The van der Waals surface area contributed by atoms with E-state index in [2.05, 4.69) is 24.1 Å². The fraction of sp³-hybridized carbons (Fsp3) is 0.900. The van der Waals surface area contributed by atoms with Crippen molar-refractivity contribution in [2.75, 3.05) is 0 Å². The van der Waals surface area contributed by atoms with Gasteiger partial charge in [-0.05, 0) is 25.7 Å². The van der Waals surface area contributed by atoms with Crippen LogP contribution < -0.4 is 0 Å². The zero-order chi connectivity index (χ0) is 16.1. The Morgan fingerprint density at radius 3 is 1.14 bits per heavy atom. The van der Waals surface area contributed by atoms with Crippen LogP contribution in [0, 0.1) is 0 Å². The third-order valence-electron chi connectivity index (χ3n) is 4.10. The van der Waals surface area contributed by atoms with Gasteiger partial charge in [-0.2, -0.15) is 10.2 Å². The monoisotopic (exact) mass is 308 g/mol. The van der Waals surface area contributed by atoms with Crippen LogP contribution in [0.3, 0.4) is 0 Å². The topological polar surface area (TPSA) is 24.7 Å². The van der Waals surface area contributed by atoms with E-state index in [4.69, 9.17) is 0 Å². The Bertz CT molecular complexity index is 220. The molecule has 22 heavy (non-hydrogen) atoms. The van der Waals surface area contributed by atoms with Crippen LogP contribution in [0.2, 0.25) is 0 Å². The Morgan fingerprint density at radius 1 is 0.455 bits per heavy atom. The third-order valence-corrected chi connectivity index (χ3v) is 4.10. The molecule has 0 saturated heterocycles. The number of unbranched alkanes of at least 4 members (excludes halogenated alkanes) is 14. The van der Waals surface area contributed by atoms with E-state index in [0.717, 1.165) is 12.8 Å². The van der Waals surface area contributed by atoms with Crippen molar-refractivity contribution in [1.29, 1.82) is 0 Å². The molecular weight excluding hydrogens is 268 g/mol. The van der Waals surface area contributed by atoms with Crippen molar-refractivity contribution in [2.24, 2.45) is 10.2 Å². The van der Waals surface area contributed by atoms with E-state index < -0.39 is 0 Å². The summed E-state index contributed by atoms with van der Waals surface area (Å²) in [5.41, 5.74) is 0. The summed E-state index contributed by atoms with van der Waals surface area (Å²) < 4.78 is 0. The maximum atomic E-state index is 4.12. The molecule has 0 fully saturated rings. The Kier molecular flexibility index (Phi) is 19.7. The van der Waals surface area contributed by atoms with Gasteiger partial charge in [0.05, 0.1) is 0 Å². The summed E-state index contributed by atoms with van der Waals surface area (Å²) >= 11 is 0. The predicted molar refractivity (Wildman–Crippen MR) is 102 cm³/mol. The number of hydrogen-bond donors (Lipinski definition) is 0. The SMILES string of the molecule is CCCCCCCCCC=NN=CCCCCCCCCC. The van der Waals surface area contributed by atoms with Crippen LogP contribution in [0.1, 0.15) is 117 Å². The molecule has 0 atom stereocenters. The Hall–Kier alpha value is -0.660. The van der Waals surface area contributed by atoms with Gasteiger partial charge in [0.15, 0.2) is 0 Å². The lowest BCUT2D eigenvalue weighted by Crippen LogP contribution is -1.82. The Labute approximate surface area is 139 Å². The van der Waals surface area contributed by atoms with E-state index in [9.17, 15) is 0 Å². The molecule has 0 radical (unpaired) electrons. The summed E-state index contributed by atoms with van der Waals surface area (Å²) in [5.74, 6) is 0. The van der Waals surface area contributed by atoms with Gasteiger partial charge in [0.25, 0.3) is 0 Å². The van der Waals surface area contributed by atoms with Crippen molar-refractivity contribution in [3.05, 3.63) is 0 Å². The average molecular weight is 309 g/mol. The summed E-state index contributed by atoms with van der Waals surface area (Å²) in [5, 5.41) is 8.24. The molecule has 0 amide bonds. The van der Waals surface area contributed by atoms with Crippen molar-refractivity contribution in [1.82, 2.24) is 0 Å². The summed E-state index contributed by atoms with van der Waals surface area (Å²) in [6, 6.07) is 0. The van der Waals surface area contributed by atoms with E-state index in [0.29, 0.717) is 0 Å². The van der Waals surface area contributed by atoms with E-state index in [1.807, 2.05) is 12.4 Å². The molecule has 0 aliphatic heterocycles. The third kappa shape index (κ3) is 19.3. The minimum atomic E-state index is 1.09. The normalized spacial score (nSPS) is 11.9. The fourth-order valence-electron chi connectivity index (χ4n) is 2.60. The zero-order valence-electron chi connectivity index (χ0n) is 15.4. The highest BCUT2D eigenvalue weighted by atomic mass is 15.2. The first-order valence-electron chi connectivity index (χ1n) is 9.95. The van der Waals surface area contributed by atoms with Gasteiger partial charge in [-0.25, -0.2) is 0 Å². The highest BCUT2D eigenvalue weighted by molar-refractivity contribution is 5.61. The molecule has 0 rings (SSSR count). The Balaban J connectivity index is 3.15. The lowest BCUT2D eigenvalue weighted by Gasteiger charge is -1.98. The van der Waals surface area contributed by atoms with Crippen molar-refractivity contribution in [3.8, 4) is 0 Å². The average Bonchev–Trinajstić information content (AvgIpc) is 2.54.